The van der Waals surface area contributed by atoms with Crippen LogP contribution in [0.3, 0.4) is 0 Å². The fourth-order valence-corrected chi connectivity index (χ4v) is 7.70. The van der Waals surface area contributed by atoms with E-state index >= 15 is 0 Å². The van der Waals surface area contributed by atoms with Crippen LogP contribution in [-0.4, -0.2) is 66.5 Å². The Bertz CT molecular complexity index is 1140. The van der Waals surface area contributed by atoms with Crippen LogP contribution >= 0.6 is 7.82 Å². The van der Waals surface area contributed by atoms with Gasteiger partial charge in [-0.05, 0) is 64.2 Å². The lowest BCUT2D eigenvalue weighted by atomic mass is 10.1. The van der Waals surface area contributed by atoms with Crippen molar-refractivity contribution in [2.75, 3.05) is 26.4 Å². The Morgan fingerprint density at radius 3 is 1.16 bits per heavy atom. The number of unbranched alkanes of at least 4 members (excludes halogenated alkanes) is 26. The Morgan fingerprint density at radius 2 is 0.758 bits per heavy atom. The predicted octanol–water partition coefficient (Wildman–Crippen LogP) is 13.9. The van der Waals surface area contributed by atoms with Crippen molar-refractivity contribution < 1.29 is 52.2 Å². The van der Waals surface area contributed by atoms with Gasteiger partial charge < -0.3 is 24.2 Å². The highest BCUT2D eigenvalue weighted by Gasteiger charge is 2.28. The molecule has 0 aromatic rings. The molecule has 0 aliphatic rings. The number of carbonyl (C=O) groups excluding carboxylic acids is 3. The van der Waals surface area contributed by atoms with Crippen molar-refractivity contribution in [3.63, 3.8) is 0 Å². The molecule has 2 N–H and O–H groups in total. The first-order chi connectivity index (χ1) is 30.2. The molecular formula is C50H93O11P. The minimum Gasteiger partial charge on any atom is -0.462 e. The summed E-state index contributed by atoms with van der Waals surface area (Å²) < 4.78 is 39.2. The van der Waals surface area contributed by atoms with Gasteiger partial charge in [-0.3, -0.25) is 23.4 Å². The van der Waals surface area contributed by atoms with Gasteiger partial charge in [0.05, 0.1) is 19.8 Å². The van der Waals surface area contributed by atoms with E-state index in [4.69, 9.17) is 23.3 Å². The number of allylic oxidation sites excluding steroid dienone is 4. The Labute approximate surface area is 378 Å². The quantitative estimate of drug-likeness (QED) is 0.0197. The fraction of sp³-hybridized carbons (Fsp3) is 0.860. The lowest BCUT2D eigenvalue weighted by Crippen LogP contribution is -2.30. The third-order valence-electron chi connectivity index (χ3n) is 10.8. The van der Waals surface area contributed by atoms with Crippen LogP contribution in [0.1, 0.15) is 239 Å². The summed E-state index contributed by atoms with van der Waals surface area (Å²) in [6.07, 6.45) is 41.6. The molecule has 0 aromatic carbocycles. The van der Waals surface area contributed by atoms with Crippen LogP contribution in [0.5, 0.6) is 0 Å². The molecule has 0 radical (unpaired) electrons. The molecule has 3 atom stereocenters. The summed E-state index contributed by atoms with van der Waals surface area (Å²) >= 11 is 0. The second-order valence-corrected chi connectivity index (χ2v) is 18.4. The first-order valence-corrected chi connectivity index (χ1v) is 26.7. The van der Waals surface area contributed by atoms with Gasteiger partial charge in [-0.25, -0.2) is 4.57 Å². The molecule has 364 valence electrons. The maximum atomic E-state index is 12.8. The van der Waals surface area contributed by atoms with Gasteiger partial charge in [0.25, 0.3) is 0 Å². The van der Waals surface area contributed by atoms with E-state index in [1.165, 1.54) is 83.5 Å². The van der Waals surface area contributed by atoms with Crippen LogP contribution in [0.25, 0.3) is 0 Å². The Hall–Kier alpha value is -2.04. The highest BCUT2D eigenvalue weighted by molar-refractivity contribution is 7.47. The summed E-state index contributed by atoms with van der Waals surface area (Å²) in [5.41, 5.74) is 0. The van der Waals surface area contributed by atoms with E-state index in [9.17, 15) is 28.9 Å². The maximum absolute atomic E-state index is 12.8. The van der Waals surface area contributed by atoms with Crippen LogP contribution in [0, 0.1) is 0 Å². The third-order valence-corrected chi connectivity index (χ3v) is 11.8. The number of aliphatic hydroxyl groups is 1. The van der Waals surface area contributed by atoms with E-state index < -0.39 is 57.8 Å². The van der Waals surface area contributed by atoms with Crippen molar-refractivity contribution in [3.8, 4) is 0 Å². The number of phosphoric acid groups is 1. The van der Waals surface area contributed by atoms with E-state index in [2.05, 4.69) is 45.1 Å². The van der Waals surface area contributed by atoms with Crippen molar-refractivity contribution in [3.05, 3.63) is 24.3 Å². The zero-order valence-corrected chi connectivity index (χ0v) is 40.7. The second-order valence-electron chi connectivity index (χ2n) is 17.0. The average molecular weight is 901 g/mol. The minimum absolute atomic E-state index is 0.159. The zero-order valence-electron chi connectivity index (χ0n) is 39.9. The summed E-state index contributed by atoms with van der Waals surface area (Å²) in [6, 6.07) is 0. The number of hydrogen-bond donors (Lipinski definition) is 2. The van der Waals surface area contributed by atoms with Crippen LogP contribution in [-0.2, 0) is 42.2 Å². The Balaban J connectivity index is 4.73. The van der Waals surface area contributed by atoms with Gasteiger partial charge >= 0.3 is 25.7 Å². The molecule has 11 nitrogen and oxygen atoms in total. The van der Waals surface area contributed by atoms with Gasteiger partial charge in [0.2, 0.25) is 0 Å². The number of carbonyl (C=O) groups is 3. The molecule has 0 aliphatic heterocycles. The molecule has 0 fully saturated rings. The van der Waals surface area contributed by atoms with E-state index in [1.54, 1.807) is 0 Å². The molecule has 62 heavy (non-hydrogen) atoms. The SMILES string of the molecule is CCCC/C=C\CCCCCCCC(=O)OC(COC(=O)CCCCCCC/C=C\CCCCCCCC)COP(=O)(O)OCC(CO)OC(=O)CCCCCCCCCCC. The lowest BCUT2D eigenvalue weighted by molar-refractivity contribution is -0.161. The van der Waals surface area contributed by atoms with Gasteiger partial charge in [0, 0.05) is 19.3 Å². The van der Waals surface area contributed by atoms with Crippen molar-refractivity contribution >= 4 is 25.7 Å². The Kier molecular flexibility index (Phi) is 44.0. The second kappa shape index (κ2) is 45.5. The standard InChI is InChI=1S/C50H93O11P/c1-4-7-10-13-16-19-21-22-23-24-26-28-30-33-36-39-48(52)57-43-47(61-50(54)41-38-35-32-29-25-20-17-14-11-8-5-2)45-59-62(55,56)58-44-46(42-51)60-49(53)40-37-34-31-27-18-15-12-9-6-3/h14,17,22-23,46-47,51H,4-13,15-16,18-21,24-45H2,1-3H3,(H,55,56)/b17-14-,23-22-. The van der Waals surface area contributed by atoms with Gasteiger partial charge in [0.15, 0.2) is 6.10 Å². The molecule has 0 heterocycles. The van der Waals surface area contributed by atoms with Crippen molar-refractivity contribution in [1.29, 1.82) is 0 Å². The largest absolute Gasteiger partial charge is 0.472 e. The Morgan fingerprint density at radius 1 is 0.435 bits per heavy atom. The molecule has 0 amide bonds. The van der Waals surface area contributed by atoms with E-state index in [0.29, 0.717) is 19.3 Å². The number of hydrogen-bond acceptors (Lipinski definition) is 10. The molecule has 12 heteroatoms. The topological polar surface area (TPSA) is 155 Å². The smallest absolute Gasteiger partial charge is 0.462 e. The number of rotatable bonds is 47. The molecular weight excluding hydrogens is 808 g/mol. The van der Waals surface area contributed by atoms with Crippen LogP contribution in [0.2, 0.25) is 0 Å². The summed E-state index contributed by atoms with van der Waals surface area (Å²) in [5, 5.41) is 9.72. The highest BCUT2D eigenvalue weighted by Crippen LogP contribution is 2.43. The molecule has 0 aliphatic carbocycles. The van der Waals surface area contributed by atoms with Gasteiger partial charge in [-0.1, -0.05) is 180 Å². The average Bonchev–Trinajstić information content (AvgIpc) is 3.25. The van der Waals surface area contributed by atoms with E-state index in [0.717, 1.165) is 96.3 Å². The molecule has 0 bridgehead atoms. The van der Waals surface area contributed by atoms with Crippen molar-refractivity contribution in [2.24, 2.45) is 0 Å². The summed E-state index contributed by atoms with van der Waals surface area (Å²) in [5.74, 6) is -1.48. The van der Waals surface area contributed by atoms with Gasteiger partial charge in [-0.2, -0.15) is 0 Å². The van der Waals surface area contributed by atoms with Crippen molar-refractivity contribution in [2.45, 2.75) is 251 Å². The van der Waals surface area contributed by atoms with Crippen LogP contribution < -0.4 is 0 Å². The maximum Gasteiger partial charge on any atom is 0.472 e. The van der Waals surface area contributed by atoms with E-state index in [-0.39, 0.29) is 25.9 Å². The molecule has 3 unspecified atom stereocenters. The first kappa shape index (κ1) is 60.0. The lowest BCUT2D eigenvalue weighted by Gasteiger charge is -2.21. The minimum atomic E-state index is -4.73. The predicted molar refractivity (Wildman–Crippen MR) is 252 cm³/mol. The summed E-state index contributed by atoms with van der Waals surface area (Å²) in [4.78, 5) is 48.1. The highest BCUT2D eigenvalue weighted by atomic mass is 31.2. The first-order valence-electron chi connectivity index (χ1n) is 25.2. The molecule has 0 aromatic heterocycles. The number of phosphoric ester groups is 1. The van der Waals surface area contributed by atoms with Gasteiger partial charge in [0.1, 0.15) is 12.7 Å². The molecule has 0 saturated heterocycles. The number of esters is 3. The normalized spacial score (nSPS) is 13.7. The van der Waals surface area contributed by atoms with Gasteiger partial charge in [-0.15, -0.1) is 0 Å². The third kappa shape index (κ3) is 43.2. The molecule has 0 spiro atoms. The van der Waals surface area contributed by atoms with Crippen molar-refractivity contribution in [1.82, 2.24) is 0 Å². The monoisotopic (exact) mass is 901 g/mol. The summed E-state index contributed by atoms with van der Waals surface area (Å²) in [7, 11) is -4.73. The van der Waals surface area contributed by atoms with Crippen LogP contribution in [0.4, 0.5) is 0 Å². The number of ether oxygens (including phenoxy) is 3. The zero-order chi connectivity index (χ0) is 45.6. The molecule has 0 saturated carbocycles. The number of aliphatic hydroxyl groups excluding tert-OH is 1. The molecule has 0 rings (SSSR count). The summed E-state index contributed by atoms with van der Waals surface area (Å²) in [6.45, 7) is 4.55. The fourth-order valence-electron chi connectivity index (χ4n) is 6.92. The van der Waals surface area contributed by atoms with Crippen LogP contribution in [0.15, 0.2) is 24.3 Å². The van der Waals surface area contributed by atoms with E-state index in [1.807, 2.05) is 0 Å².